The Balaban J connectivity index is 0.00000121. The normalized spacial score (nSPS) is 22.2. The summed E-state index contributed by atoms with van der Waals surface area (Å²) >= 11 is 0. The maximum atomic E-state index is 13.5. The third-order valence-electron chi connectivity index (χ3n) is 5.35. The Morgan fingerprint density at radius 1 is 1.08 bits per heavy atom. The summed E-state index contributed by atoms with van der Waals surface area (Å²) in [5.41, 5.74) is -0.541. The number of aromatic nitrogens is 4. The summed E-state index contributed by atoms with van der Waals surface area (Å²) in [4.78, 5) is 15.5. The molecular weight excluding hydrogens is 375 g/mol. The van der Waals surface area contributed by atoms with Crippen LogP contribution in [0.5, 0.6) is 0 Å². The van der Waals surface area contributed by atoms with Gasteiger partial charge in [-0.1, -0.05) is 0 Å². The van der Waals surface area contributed by atoms with Gasteiger partial charge in [-0.05, 0) is 50.9 Å². The second kappa shape index (κ2) is 8.88. The highest BCUT2D eigenvalue weighted by Gasteiger charge is 2.45. The van der Waals surface area contributed by atoms with Crippen molar-refractivity contribution < 1.29 is 4.79 Å². The van der Waals surface area contributed by atoms with Crippen LogP contribution in [-0.2, 0) is 10.3 Å². The Bertz CT molecular complexity index is 670. The van der Waals surface area contributed by atoms with E-state index in [1.165, 1.54) is 0 Å². The maximum Gasteiger partial charge on any atom is 0.250 e. The lowest BCUT2D eigenvalue weighted by atomic mass is 9.86. The highest BCUT2D eigenvalue weighted by Crippen LogP contribution is 2.32. The fraction of sp³-hybridized carbons (Fsp3) is 0.588. The molecule has 144 valence electrons. The first-order valence-electron chi connectivity index (χ1n) is 8.79. The number of carbonyl (C=O) groups excluding carboxylic acids is 1. The summed E-state index contributed by atoms with van der Waals surface area (Å²) in [7, 11) is 0. The van der Waals surface area contributed by atoms with Crippen molar-refractivity contribution in [3.05, 3.63) is 36.9 Å². The Hall–Kier alpha value is -1.57. The van der Waals surface area contributed by atoms with Crippen molar-refractivity contribution in [2.24, 2.45) is 0 Å². The number of halogens is 2. The SMILES string of the molecule is Cl.Cl.O=C(N1CCCC(n2cccn2)C1)C1(n2cccn2)CCNCC1. The van der Waals surface area contributed by atoms with Gasteiger partial charge in [0.25, 0.3) is 5.91 Å². The highest BCUT2D eigenvalue weighted by atomic mass is 35.5. The van der Waals surface area contributed by atoms with Crippen LogP contribution in [0.2, 0.25) is 0 Å². The molecule has 4 rings (SSSR count). The molecule has 0 bridgehead atoms. The van der Waals surface area contributed by atoms with Crippen molar-refractivity contribution >= 4 is 30.7 Å². The molecule has 1 N–H and O–H groups in total. The summed E-state index contributed by atoms with van der Waals surface area (Å²) in [6.45, 7) is 3.26. The van der Waals surface area contributed by atoms with E-state index < -0.39 is 5.54 Å². The van der Waals surface area contributed by atoms with Gasteiger partial charge in [-0.3, -0.25) is 14.2 Å². The third-order valence-corrected chi connectivity index (χ3v) is 5.35. The Morgan fingerprint density at radius 2 is 1.81 bits per heavy atom. The van der Waals surface area contributed by atoms with Crippen molar-refractivity contribution in [3.8, 4) is 0 Å². The van der Waals surface area contributed by atoms with E-state index in [-0.39, 0.29) is 36.8 Å². The van der Waals surface area contributed by atoms with E-state index in [9.17, 15) is 4.79 Å². The van der Waals surface area contributed by atoms with Crippen LogP contribution < -0.4 is 5.32 Å². The number of nitrogens with zero attached hydrogens (tertiary/aromatic N) is 5. The zero-order chi connectivity index (χ0) is 16.4. The van der Waals surface area contributed by atoms with Crippen LogP contribution in [-0.4, -0.2) is 56.5 Å². The van der Waals surface area contributed by atoms with E-state index in [0.29, 0.717) is 0 Å². The molecule has 0 spiro atoms. The molecule has 0 aliphatic carbocycles. The number of rotatable bonds is 3. The molecular formula is C17H26Cl2N6O. The number of piperidine rings is 2. The number of hydrogen-bond donors (Lipinski definition) is 1. The molecule has 0 aromatic carbocycles. The van der Waals surface area contributed by atoms with Crippen LogP contribution in [0.25, 0.3) is 0 Å². The summed E-state index contributed by atoms with van der Waals surface area (Å²) in [5.74, 6) is 0.213. The molecule has 1 amide bonds. The van der Waals surface area contributed by atoms with Crippen LogP contribution in [0.1, 0.15) is 31.7 Å². The largest absolute Gasteiger partial charge is 0.338 e. The maximum absolute atomic E-state index is 13.5. The molecule has 0 radical (unpaired) electrons. The molecule has 26 heavy (non-hydrogen) atoms. The standard InChI is InChI=1S/C17H24N6O.2ClH/c24-16(17(5-9-18-10-6-17)23-13-3-8-20-23)21-11-1-4-15(14-21)22-12-2-7-19-22;;/h2-3,7-8,12-13,15,18H,1,4-6,9-11,14H2;2*1H. The molecule has 7 nitrogen and oxygen atoms in total. The van der Waals surface area contributed by atoms with E-state index in [1.807, 2.05) is 38.8 Å². The van der Waals surface area contributed by atoms with E-state index in [0.717, 1.165) is 51.9 Å². The van der Waals surface area contributed by atoms with Gasteiger partial charge in [0.1, 0.15) is 5.54 Å². The molecule has 2 aromatic rings. The molecule has 2 aliphatic rings. The Kier molecular flexibility index (Phi) is 7.08. The van der Waals surface area contributed by atoms with Crippen LogP contribution in [0.15, 0.2) is 36.9 Å². The third kappa shape index (κ3) is 3.75. The molecule has 1 atom stereocenters. The second-order valence-electron chi connectivity index (χ2n) is 6.77. The molecule has 2 aromatic heterocycles. The van der Waals surface area contributed by atoms with Crippen LogP contribution in [0.3, 0.4) is 0 Å². The van der Waals surface area contributed by atoms with Gasteiger partial charge in [-0.15, -0.1) is 24.8 Å². The zero-order valence-corrected chi connectivity index (χ0v) is 16.3. The summed E-state index contributed by atoms with van der Waals surface area (Å²) in [6, 6.07) is 4.12. The monoisotopic (exact) mass is 400 g/mol. The molecule has 4 heterocycles. The minimum absolute atomic E-state index is 0. The van der Waals surface area contributed by atoms with E-state index in [1.54, 1.807) is 12.4 Å². The summed E-state index contributed by atoms with van der Waals surface area (Å²) in [5, 5.41) is 12.1. The lowest BCUT2D eigenvalue weighted by Crippen LogP contribution is -2.57. The number of nitrogens with one attached hydrogen (secondary N) is 1. The molecule has 2 fully saturated rings. The Morgan fingerprint density at radius 3 is 2.46 bits per heavy atom. The van der Waals surface area contributed by atoms with Gasteiger partial charge in [0.05, 0.1) is 6.04 Å². The van der Waals surface area contributed by atoms with Crippen molar-refractivity contribution in [2.45, 2.75) is 37.3 Å². The van der Waals surface area contributed by atoms with Gasteiger partial charge in [0.2, 0.25) is 0 Å². The topological polar surface area (TPSA) is 68.0 Å². The van der Waals surface area contributed by atoms with E-state index in [2.05, 4.69) is 15.5 Å². The first-order chi connectivity index (χ1) is 11.8. The molecule has 2 saturated heterocycles. The van der Waals surface area contributed by atoms with E-state index in [4.69, 9.17) is 0 Å². The highest BCUT2D eigenvalue weighted by molar-refractivity contribution is 5.86. The van der Waals surface area contributed by atoms with Crippen molar-refractivity contribution in [1.82, 2.24) is 29.8 Å². The van der Waals surface area contributed by atoms with Crippen molar-refractivity contribution in [3.63, 3.8) is 0 Å². The number of hydrogen-bond acceptors (Lipinski definition) is 4. The predicted molar refractivity (Wildman–Crippen MR) is 104 cm³/mol. The molecule has 2 aliphatic heterocycles. The van der Waals surface area contributed by atoms with Crippen LogP contribution in [0.4, 0.5) is 0 Å². The minimum atomic E-state index is -0.541. The van der Waals surface area contributed by atoms with Gasteiger partial charge in [0, 0.05) is 37.9 Å². The Labute approximate surface area is 165 Å². The smallest absolute Gasteiger partial charge is 0.250 e. The van der Waals surface area contributed by atoms with Gasteiger partial charge < -0.3 is 10.2 Å². The van der Waals surface area contributed by atoms with Gasteiger partial charge in [-0.2, -0.15) is 10.2 Å². The van der Waals surface area contributed by atoms with Crippen LogP contribution >= 0.6 is 24.8 Å². The lowest BCUT2D eigenvalue weighted by molar-refractivity contribution is -0.145. The average Bonchev–Trinajstić information content (AvgIpc) is 3.35. The average molecular weight is 401 g/mol. The molecule has 9 heteroatoms. The number of amides is 1. The summed E-state index contributed by atoms with van der Waals surface area (Å²) < 4.78 is 3.87. The van der Waals surface area contributed by atoms with Crippen LogP contribution in [0, 0.1) is 0 Å². The van der Waals surface area contributed by atoms with Gasteiger partial charge in [0.15, 0.2) is 0 Å². The fourth-order valence-corrected chi connectivity index (χ4v) is 4.05. The quantitative estimate of drug-likeness (QED) is 0.853. The number of likely N-dealkylation sites (tertiary alicyclic amines) is 1. The van der Waals surface area contributed by atoms with Crippen molar-refractivity contribution in [2.75, 3.05) is 26.2 Å². The van der Waals surface area contributed by atoms with Gasteiger partial charge in [-0.25, -0.2) is 0 Å². The van der Waals surface area contributed by atoms with Gasteiger partial charge >= 0.3 is 0 Å². The van der Waals surface area contributed by atoms with Crippen molar-refractivity contribution in [1.29, 1.82) is 0 Å². The van der Waals surface area contributed by atoms with E-state index >= 15 is 0 Å². The molecule has 1 unspecified atom stereocenters. The predicted octanol–water partition coefficient (Wildman–Crippen LogP) is 1.87. The molecule has 0 saturated carbocycles. The fourth-order valence-electron chi connectivity index (χ4n) is 4.05. The minimum Gasteiger partial charge on any atom is -0.338 e. The second-order valence-corrected chi connectivity index (χ2v) is 6.77. The lowest BCUT2D eigenvalue weighted by Gasteiger charge is -2.42. The summed E-state index contributed by atoms with van der Waals surface area (Å²) in [6.07, 6.45) is 11.2. The first-order valence-corrected chi connectivity index (χ1v) is 8.79. The number of carbonyl (C=O) groups is 1. The first kappa shape index (κ1) is 20.7. The zero-order valence-electron chi connectivity index (χ0n) is 14.7.